The first-order chi connectivity index (χ1) is 9.99. The first kappa shape index (κ1) is 16.1. The van der Waals surface area contributed by atoms with Crippen LogP contribution in [0.4, 0.5) is 0 Å². The smallest absolute Gasteiger partial charge is 0.123 e. The Morgan fingerprint density at radius 3 is 2.29 bits per heavy atom. The van der Waals surface area contributed by atoms with Crippen molar-refractivity contribution in [1.82, 2.24) is 0 Å². The van der Waals surface area contributed by atoms with Crippen molar-refractivity contribution in [2.24, 2.45) is 0 Å². The fourth-order valence-corrected chi connectivity index (χ4v) is 2.68. The second-order valence-corrected chi connectivity index (χ2v) is 6.84. The highest BCUT2D eigenvalue weighted by Crippen LogP contribution is 2.31. The SMILES string of the molecule is CC(C)c1ccc(OCc2ccccc2Br)c(C(C)C)c1. The van der Waals surface area contributed by atoms with Gasteiger partial charge >= 0.3 is 0 Å². The van der Waals surface area contributed by atoms with E-state index in [1.807, 2.05) is 18.2 Å². The Kier molecular flexibility index (Phi) is 5.46. The Morgan fingerprint density at radius 2 is 1.67 bits per heavy atom. The molecule has 112 valence electrons. The highest BCUT2D eigenvalue weighted by atomic mass is 79.9. The van der Waals surface area contributed by atoms with Crippen molar-refractivity contribution in [2.45, 2.75) is 46.1 Å². The molecule has 21 heavy (non-hydrogen) atoms. The minimum Gasteiger partial charge on any atom is -0.489 e. The lowest BCUT2D eigenvalue weighted by molar-refractivity contribution is 0.301. The van der Waals surface area contributed by atoms with Gasteiger partial charge in [-0.1, -0.05) is 74.0 Å². The third-order valence-electron chi connectivity index (χ3n) is 3.66. The molecule has 1 nitrogen and oxygen atoms in total. The highest BCUT2D eigenvalue weighted by Gasteiger charge is 2.11. The van der Waals surface area contributed by atoms with Gasteiger partial charge < -0.3 is 4.74 Å². The average Bonchev–Trinajstić information content (AvgIpc) is 2.46. The summed E-state index contributed by atoms with van der Waals surface area (Å²) in [6.45, 7) is 9.46. The second kappa shape index (κ2) is 7.13. The Labute approximate surface area is 136 Å². The number of rotatable bonds is 5. The maximum atomic E-state index is 6.07. The molecule has 2 aromatic carbocycles. The molecule has 2 aromatic rings. The minimum atomic E-state index is 0.456. The van der Waals surface area contributed by atoms with Crippen LogP contribution in [0.3, 0.4) is 0 Å². The molecule has 0 aliphatic rings. The minimum absolute atomic E-state index is 0.456. The number of halogens is 1. The summed E-state index contributed by atoms with van der Waals surface area (Å²) in [6.07, 6.45) is 0. The van der Waals surface area contributed by atoms with Crippen molar-refractivity contribution in [3.05, 3.63) is 63.6 Å². The summed E-state index contributed by atoms with van der Waals surface area (Å²) in [5.74, 6) is 1.99. The zero-order chi connectivity index (χ0) is 15.4. The van der Waals surface area contributed by atoms with Gasteiger partial charge in [0.2, 0.25) is 0 Å². The van der Waals surface area contributed by atoms with Crippen LogP contribution in [0.5, 0.6) is 5.75 Å². The van der Waals surface area contributed by atoms with Crippen molar-refractivity contribution < 1.29 is 4.74 Å². The molecule has 0 aliphatic heterocycles. The van der Waals surface area contributed by atoms with Crippen LogP contribution in [0.2, 0.25) is 0 Å². The first-order valence-electron chi connectivity index (χ1n) is 7.49. The van der Waals surface area contributed by atoms with E-state index in [1.54, 1.807) is 0 Å². The van der Waals surface area contributed by atoms with Gasteiger partial charge in [0.1, 0.15) is 12.4 Å². The fraction of sp³-hybridized carbons (Fsp3) is 0.368. The van der Waals surface area contributed by atoms with Gasteiger partial charge in [0.15, 0.2) is 0 Å². The van der Waals surface area contributed by atoms with Crippen molar-refractivity contribution in [3.63, 3.8) is 0 Å². The van der Waals surface area contributed by atoms with Gasteiger partial charge in [0.05, 0.1) is 0 Å². The molecular weight excluding hydrogens is 324 g/mol. The molecule has 0 unspecified atom stereocenters. The van der Waals surface area contributed by atoms with E-state index in [2.05, 4.69) is 67.9 Å². The third kappa shape index (κ3) is 4.10. The van der Waals surface area contributed by atoms with Crippen LogP contribution in [0.15, 0.2) is 46.9 Å². The van der Waals surface area contributed by atoms with E-state index in [4.69, 9.17) is 4.74 Å². The standard InChI is InChI=1S/C19H23BrO/c1-13(2)15-9-10-19(17(11-15)14(3)4)21-12-16-7-5-6-8-18(16)20/h5-11,13-14H,12H2,1-4H3. The zero-order valence-electron chi connectivity index (χ0n) is 13.2. The van der Waals surface area contributed by atoms with Crippen molar-refractivity contribution >= 4 is 15.9 Å². The molecule has 0 saturated carbocycles. The first-order valence-corrected chi connectivity index (χ1v) is 8.28. The summed E-state index contributed by atoms with van der Waals surface area (Å²) < 4.78 is 7.16. The molecular formula is C19H23BrO. The average molecular weight is 347 g/mol. The van der Waals surface area contributed by atoms with Crippen LogP contribution in [-0.4, -0.2) is 0 Å². The number of hydrogen-bond acceptors (Lipinski definition) is 1. The summed E-state index contributed by atoms with van der Waals surface area (Å²) in [5, 5.41) is 0. The quantitative estimate of drug-likeness (QED) is 0.619. The molecule has 0 aromatic heterocycles. The van der Waals surface area contributed by atoms with Crippen molar-refractivity contribution in [2.75, 3.05) is 0 Å². The van der Waals surface area contributed by atoms with E-state index in [0.29, 0.717) is 18.4 Å². The summed E-state index contributed by atoms with van der Waals surface area (Å²) in [5.41, 5.74) is 3.82. The van der Waals surface area contributed by atoms with Gasteiger partial charge in [-0.05, 0) is 35.1 Å². The molecule has 0 bridgehead atoms. The Morgan fingerprint density at radius 1 is 0.952 bits per heavy atom. The maximum absolute atomic E-state index is 6.07. The Bertz CT molecular complexity index is 602. The predicted molar refractivity (Wildman–Crippen MR) is 93.1 cm³/mol. The molecule has 2 rings (SSSR count). The number of ether oxygens (including phenoxy) is 1. The largest absolute Gasteiger partial charge is 0.489 e. The molecule has 0 aliphatic carbocycles. The molecule has 0 fully saturated rings. The predicted octanol–water partition coefficient (Wildman–Crippen LogP) is 6.27. The van der Waals surface area contributed by atoms with Crippen LogP contribution < -0.4 is 4.74 Å². The normalized spacial score (nSPS) is 11.2. The molecule has 0 saturated heterocycles. The third-order valence-corrected chi connectivity index (χ3v) is 4.44. The van der Waals surface area contributed by atoms with Crippen LogP contribution in [-0.2, 0) is 6.61 Å². The molecule has 0 spiro atoms. The Hall–Kier alpha value is -1.28. The summed E-state index contributed by atoms with van der Waals surface area (Å²) in [6, 6.07) is 14.8. The monoisotopic (exact) mass is 346 g/mol. The van der Waals surface area contributed by atoms with Gasteiger partial charge in [0.25, 0.3) is 0 Å². The lowest BCUT2D eigenvalue weighted by Crippen LogP contribution is -2.02. The van der Waals surface area contributed by atoms with Gasteiger partial charge in [0, 0.05) is 10.0 Å². The lowest BCUT2D eigenvalue weighted by Gasteiger charge is -2.17. The van der Waals surface area contributed by atoms with Crippen LogP contribution >= 0.6 is 15.9 Å². The van der Waals surface area contributed by atoms with Crippen LogP contribution in [0.25, 0.3) is 0 Å². The van der Waals surface area contributed by atoms with Crippen LogP contribution in [0, 0.1) is 0 Å². The number of hydrogen-bond donors (Lipinski definition) is 0. The number of benzene rings is 2. The molecule has 0 radical (unpaired) electrons. The van der Waals surface area contributed by atoms with E-state index in [9.17, 15) is 0 Å². The van der Waals surface area contributed by atoms with Crippen molar-refractivity contribution in [1.29, 1.82) is 0 Å². The van der Waals surface area contributed by atoms with Crippen molar-refractivity contribution in [3.8, 4) is 5.75 Å². The zero-order valence-corrected chi connectivity index (χ0v) is 14.8. The van der Waals surface area contributed by atoms with E-state index in [-0.39, 0.29) is 0 Å². The van der Waals surface area contributed by atoms with Gasteiger partial charge in [-0.15, -0.1) is 0 Å². The molecule has 0 heterocycles. The topological polar surface area (TPSA) is 9.23 Å². The lowest BCUT2D eigenvalue weighted by atomic mass is 9.95. The fourth-order valence-electron chi connectivity index (χ4n) is 2.28. The van der Waals surface area contributed by atoms with Crippen LogP contribution in [0.1, 0.15) is 56.2 Å². The molecule has 0 amide bonds. The maximum Gasteiger partial charge on any atom is 0.123 e. The summed E-state index contributed by atoms with van der Waals surface area (Å²) in [7, 11) is 0. The summed E-state index contributed by atoms with van der Waals surface area (Å²) in [4.78, 5) is 0. The van der Waals surface area contributed by atoms with Gasteiger partial charge in [-0.25, -0.2) is 0 Å². The second-order valence-electron chi connectivity index (χ2n) is 5.99. The van der Waals surface area contributed by atoms with Gasteiger partial charge in [-0.3, -0.25) is 0 Å². The molecule has 0 N–H and O–H groups in total. The van der Waals surface area contributed by atoms with E-state index < -0.39 is 0 Å². The molecule has 0 atom stereocenters. The van der Waals surface area contributed by atoms with E-state index >= 15 is 0 Å². The van der Waals surface area contributed by atoms with E-state index in [1.165, 1.54) is 16.7 Å². The van der Waals surface area contributed by atoms with E-state index in [0.717, 1.165) is 10.2 Å². The summed E-state index contributed by atoms with van der Waals surface area (Å²) >= 11 is 3.57. The highest BCUT2D eigenvalue weighted by molar-refractivity contribution is 9.10. The Balaban J connectivity index is 2.21. The molecule has 2 heteroatoms. The van der Waals surface area contributed by atoms with Gasteiger partial charge in [-0.2, -0.15) is 0 Å².